The van der Waals surface area contributed by atoms with Crippen molar-refractivity contribution >= 4 is 11.9 Å². The highest BCUT2D eigenvalue weighted by Gasteiger charge is 2.05. The Morgan fingerprint density at radius 2 is 1.22 bits per heavy atom. The molecule has 2 aromatic rings. The molecule has 6 heteroatoms. The number of hydrogen-bond donors (Lipinski definition) is 4. The number of allylic oxidation sites excluding steroid dienone is 1. The van der Waals surface area contributed by atoms with Gasteiger partial charge in [-0.05, 0) is 63.3 Å². The molecule has 202 valence electrons. The minimum Gasteiger partial charge on any atom is -0.478 e. The molecule has 2 atom stereocenters. The third kappa shape index (κ3) is 22.8. The van der Waals surface area contributed by atoms with Crippen LogP contribution in [-0.2, 0) is 0 Å². The number of hydrogen-bond acceptors (Lipinski definition) is 4. The SMILES string of the molecule is C=C(CC)CCCCC.CCCC(O)CC(C)O.O=C(O)c1ccccc1.O=C(O)c1ccccc1. The molecule has 0 aliphatic carbocycles. The van der Waals surface area contributed by atoms with E-state index in [1.54, 1.807) is 67.6 Å². The third-order valence-corrected chi connectivity index (χ3v) is 4.91. The van der Waals surface area contributed by atoms with Crippen molar-refractivity contribution in [1.29, 1.82) is 0 Å². The van der Waals surface area contributed by atoms with Crippen LogP contribution in [0.2, 0.25) is 0 Å². The number of rotatable bonds is 11. The first kappa shape index (κ1) is 35.2. The summed E-state index contributed by atoms with van der Waals surface area (Å²) in [6.45, 7) is 12.1. The van der Waals surface area contributed by atoms with Crippen molar-refractivity contribution in [2.45, 2.75) is 91.3 Å². The van der Waals surface area contributed by atoms with Crippen molar-refractivity contribution in [2.24, 2.45) is 0 Å². The van der Waals surface area contributed by atoms with Crippen LogP contribution in [0, 0.1) is 0 Å². The fraction of sp³-hybridized carbons (Fsp3) is 0.467. The molecule has 0 bridgehead atoms. The fourth-order valence-corrected chi connectivity index (χ4v) is 2.81. The number of carbonyl (C=O) groups is 2. The zero-order chi connectivity index (χ0) is 27.8. The molecule has 0 saturated heterocycles. The van der Waals surface area contributed by atoms with Gasteiger partial charge in [-0.1, -0.05) is 88.6 Å². The highest BCUT2D eigenvalue weighted by Crippen LogP contribution is 2.09. The van der Waals surface area contributed by atoms with Crippen LogP contribution in [-0.4, -0.2) is 44.6 Å². The molecule has 0 saturated carbocycles. The maximum atomic E-state index is 10.2. The number of carboxylic acid groups (broad SMARTS) is 2. The maximum absolute atomic E-state index is 10.2. The van der Waals surface area contributed by atoms with Crippen molar-refractivity contribution in [3.05, 3.63) is 83.9 Å². The summed E-state index contributed by atoms with van der Waals surface area (Å²) in [7, 11) is 0. The zero-order valence-electron chi connectivity index (χ0n) is 22.4. The van der Waals surface area contributed by atoms with Crippen LogP contribution in [0.5, 0.6) is 0 Å². The van der Waals surface area contributed by atoms with Gasteiger partial charge in [0.15, 0.2) is 0 Å². The first-order valence-electron chi connectivity index (χ1n) is 12.7. The largest absolute Gasteiger partial charge is 0.478 e. The van der Waals surface area contributed by atoms with Crippen molar-refractivity contribution in [2.75, 3.05) is 0 Å². The van der Waals surface area contributed by atoms with Gasteiger partial charge in [0.05, 0.1) is 23.3 Å². The van der Waals surface area contributed by atoms with Crippen molar-refractivity contribution in [3.8, 4) is 0 Å². The van der Waals surface area contributed by atoms with E-state index < -0.39 is 11.9 Å². The maximum Gasteiger partial charge on any atom is 0.335 e. The zero-order valence-corrected chi connectivity index (χ0v) is 22.4. The van der Waals surface area contributed by atoms with E-state index in [-0.39, 0.29) is 12.2 Å². The van der Waals surface area contributed by atoms with Gasteiger partial charge in [0.25, 0.3) is 0 Å². The molecule has 2 rings (SSSR count). The summed E-state index contributed by atoms with van der Waals surface area (Å²) >= 11 is 0. The normalized spacial score (nSPS) is 11.2. The molecule has 0 radical (unpaired) electrons. The topological polar surface area (TPSA) is 115 Å². The van der Waals surface area contributed by atoms with Gasteiger partial charge < -0.3 is 20.4 Å². The van der Waals surface area contributed by atoms with E-state index in [1.807, 2.05) is 6.92 Å². The Bertz CT molecular complexity index is 753. The van der Waals surface area contributed by atoms with Gasteiger partial charge in [0, 0.05) is 0 Å². The first-order chi connectivity index (χ1) is 17.1. The number of aromatic carboxylic acids is 2. The predicted octanol–water partition coefficient (Wildman–Crippen LogP) is 7.22. The minimum atomic E-state index is -0.879. The lowest BCUT2D eigenvalue weighted by Gasteiger charge is -2.09. The number of carboxylic acids is 2. The summed E-state index contributed by atoms with van der Waals surface area (Å²) in [5.74, 6) is -1.76. The molecule has 0 aliphatic rings. The number of unbranched alkanes of at least 4 members (excludes halogenated alkanes) is 2. The van der Waals surface area contributed by atoms with Crippen LogP contribution in [0.3, 0.4) is 0 Å². The van der Waals surface area contributed by atoms with Crippen LogP contribution >= 0.6 is 0 Å². The second kappa shape index (κ2) is 23.8. The molecule has 0 fully saturated rings. The van der Waals surface area contributed by atoms with E-state index in [1.165, 1.54) is 31.3 Å². The van der Waals surface area contributed by atoms with Gasteiger partial charge in [-0.2, -0.15) is 0 Å². The molecular weight excluding hydrogens is 456 g/mol. The van der Waals surface area contributed by atoms with Crippen molar-refractivity contribution in [3.63, 3.8) is 0 Å². The van der Waals surface area contributed by atoms with Gasteiger partial charge in [-0.3, -0.25) is 0 Å². The lowest BCUT2D eigenvalue weighted by molar-refractivity contribution is 0.0686. The van der Waals surface area contributed by atoms with Crippen LogP contribution in [0.4, 0.5) is 0 Å². The highest BCUT2D eigenvalue weighted by molar-refractivity contribution is 5.87. The Hall–Kier alpha value is -2.96. The predicted molar refractivity (Wildman–Crippen MR) is 148 cm³/mol. The third-order valence-electron chi connectivity index (χ3n) is 4.91. The standard InChI is InChI=1S/C9H18.2C7H6O2.C7H16O2/c1-4-6-7-8-9(3)5-2;2*8-7(9)6-4-2-1-3-5-6;1-3-4-7(9)5-6(2)8/h3-8H2,1-2H3;2*1-5H,(H,8,9);6-9H,3-5H2,1-2H3. The lowest BCUT2D eigenvalue weighted by Crippen LogP contribution is -2.13. The molecule has 6 nitrogen and oxygen atoms in total. The molecule has 36 heavy (non-hydrogen) atoms. The summed E-state index contributed by atoms with van der Waals surface area (Å²) in [4.78, 5) is 20.4. The van der Waals surface area contributed by atoms with E-state index in [0.29, 0.717) is 17.5 Å². The molecule has 0 heterocycles. The van der Waals surface area contributed by atoms with Gasteiger partial charge in [0.2, 0.25) is 0 Å². The fourth-order valence-electron chi connectivity index (χ4n) is 2.81. The minimum absolute atomic E-state index is 0.310. The van der Waals surface area contributed by atoms with Crippen molar-refractivity contribution < 1.29 is 30.0 Å². The van der Waals surface area contributed by atoms with E-state index >= 15 is 0 Å². The summed E-state index contributed by atoms with van der Waals surface area (Å²) < 4.78 is 0. The van der Waals surface area contributed by atoms with Gasteiger partial charge in [0.1, 0.15) is 0 Å². The molecule has 2 unspecified atom stereocenters. The monoisotopic (exact) mass is 502 g/mol. The Balaban J connectivity index is 0. The van der Waals surface area contributed by atoms with Crippen LogP contribution in [0.1, 0.15) is 99.8 Å². The summed E-state index contributed by atoms with van der Waals surface area (Å²) in [5.41, 5.74) is 2.07. The molecule has 0 amide bonds. The highest BCUT2D eigenvalue weighted by atomic mass is 16.4. The average Bonchev–Trinajstić information content (AvgIpc) is 2.86. The molecule has 0 aromatic heterocycles. The molecule has 2 aromatic carbocycles. The van der Waals surface area contributed by atoms with E-state index in [9.17, 15) is 9.59 Å². The second-order valence-corrected chi connectivity index (χ2v) is 8.43. The van der Waals surface area contributed by atoms with Gasteiger partial charge in [-0.15, -0.1) is 0 Å². The number of aliphatic hydroxyl groups excluding tert-OH is 2. The van der Waals surface area contributed by atoms with E-state index in [2.05, 4.69) is 20.4 Å². The summed E-state index contributed by atoms with van der Waals surface area (Å²) in [6.07, 6.45) is 8.02. The second-order valence-electron chi connectivity index (χ2n) is 8.43. The molecule has 0 aliphatic heterocycles. The first-order valence-corrected chi connectivity index (χ1v) is 12.7. The Morgan fingerprint density at radius 3 is 1.50 bits per heavy atom. The van der Waals surface area contributed by atoms with E-state index in [4.69, 9.17) is 20.4 Å². The van der Waals surface area contributed by atoms with Crippen LogP contribution in [0.15, 0.2) is 72.8 Å². The Labute approximate surface area is 217 Å². The quantitative estimate of drug-likeness (QED) is 0.190. The summed E-state index contributed by atoms with van der Waals surface area (Å²) in [6, 6.07) is 16.6. The van der Waals surface area contributed by atoms with Gasteiger partial charge in [-0.25, -0.2) is 9.59 Å². The summed E-state index contributed by atoms with van der Waals surface area (Å²) in [5, 5.41) is 34.6. The lowest BCUT2D eigenvalue weighted by atomic mass is 10.1. The van der Waals surface area contributed by atoms with Crippen LogP contribution < -0.4 is 0 Å². The number of benzene rings is 2. The Kier molecular flexibility index (Phi) is 23.2. The van der Waals surface area contributed by atoms with Crippen LogP contribution in [0.25, 0.3) is 0 Å². The molecular formula is C30H46O6. The Morgan fingerprint density at radius 1 is 0.778 bits per heavy atom. The smallest absolute Gasteiger partial charge is 0.335 e. The molecule has 0 spiro atoms. The van der Waals surface area contributed by atoms with Crippen molar-refractivity contribution in [1.82, 2.24) is 0 Å². The molecule has 4 N–H and O–H groups in total. The number of aliphatic hydroxyl groups is 2. The average molecular weight is 503 g/mol. The van der Waals surface area contributed by atoms with E-state index in [0.717, 1.165) is 19.3 Å². The van der Waals surface area contributed by atoms with Gasteiger partial charge >= 0.3 is 11.9 Å².